The third-order valence-corrected chi connectivity index (χ3v) is 6.62. The molecule has 0 saturated carbocycles. The molecule has 2 amide bonds. The van der Waals surface area contributed by atoms with Gasteiger partial charge in [0, 0.05) is 49.3 Å². The minimum Gasteiger partial charge on any atom is -0.373 e. The van der Waals surface area contributed by atoms with Crippen molar-refractivity contribution in [3.8, 4) is 33.8 Å². The van der Waals surface area contributed by atoms with E-state index in [9.17, 15) is 27.9 Å². The number of likely N-dealkylation sites (tertiary alicyclic amines) is 1. The molecule has 1 aromatic carbocycles. The fourth-order valence-electron chi connectivity index (χ4n) is 4.51. The second kappa shape index (κ2) is 9.34. The highest BCUT2D eigenvalue weighted by molar-refractivity contribution is 5.93. The highest BCUT2D eigenvalue weighted by Gasteiger charge is 2.48. The molecule has 1 aliphatic heterocycles. The Hall–Kier alpha value is -4.52. The Bertz CT molecular complexity index is 1590. The summed E-state index contributed by atoms with van der Waals surface area (Å²) in [5.41, 5.74) is 4.58. The van der Waals surface area contributed by atoms with Gasteiger partial charge in [-0.05, 0) is 31.2 Å². The van der Waals surface area contributed by atoms with Crippen LogP contribution in [-0.2, 0) is 23.1 Å². The summed E-state index contributed by atoms with van der Waals surface area (Å²) in [5, 5.41) is 18.5. The number of pyridine rings is 1. The predicted molar refractivity (Wildman–Crippen MR) is 132 cm³/mol. The minimum atomic E-state index is -4.64. The van der Waals surface area contributed by atoms with Crippen LogP contribution in [0.4, 0.5) is 13.2 Å². The molecular weight excluding hydrogens is 517 g/mol. The lowest BCUT2D eigenvalue weighted by Crippen LogP contribution is -2.35. The van der Waals surface area contributed by atoms with Crippen molar-refractivity contribution in [2.75, 3.05) is 13.6 Å². The van der Waals surface area contributed by atoms with Gasteiger partial charge in [0.15, 0.2) is 11.5 Å². The molecule has 202 valence electrons. The maximum Gasteiger partial charge on any atom is 0.435 e. The van der Waals surface area contributed by atoms with Gasteiger partial charge in [-0.1, -0.05) is 23.4 Å². The number of aryl methyl sites for hydroxylation is 1. The van der Waals surface area contributed by atoms with Crippen LogP contribution in [0, 0.1) is 0 Å². The molecule has 1 unspecified atom stereocenters. The van der Waals surface area contributed by atoms with Crippen LogP contribution >= 0.6 is 0 Å². The largest absolute Gasteiger partial charge is 0.435 e. The third-order valence-electron chi connectivity index (χ3n) is 6.62. The van der Waals surface area contributed by atoms with Crippen molar-refractivity contribution < 1.29 is 32.4 Å². The normalized spacial score (nSPS) is 17.7. The number of carbonyl (C=O) groups is 2. The second-order valence-electron chi connectivity index (χ2n) is 9.21. The lowest BCUT2D eigenvalue weighted by Gasteiger charge is -2.16. The quantitative estimate of drug-likeness (QED) is 0.382. The molecule has 10 nitrogen and oxygen atoms in total. The summed E-state index contributed by atoms with van der Waals surface area (Å²) in [6.07, 6.45) is -4.48. The number of aliphatic hydroxyl groups is 1. The highest BCUT2D eigenvalue weighted by atomic mass is 19.4. The smallest absolute Gasteiger partial charge is 0.373 e. The van der Waals surface area contributed by atoms with Gasteiger partial charge in [-0.15, -0.1) is 0 Å². The van der Waals surface area contributed by atoms with Gasteiger partial charge < -0.3 is 20.3 Å². The molecule has 5 rings (SSSR count). The molecule has 0 radical (unpaired) electrons. The van der Waals surface area contributed by atoms with Crippen molar-refractivity contribution in [3.63, 3.8) is 0 Å². The van der Waals surface area contributed by atoms with E-state index < -0.39 is 29.3 Å². The van der Waals surface area contributed by atoms with Gasteiger partial charge in [0.25, 0.3) is 11.8 Å². The molecule has 4 aromatic rings. The third kappa shape index (κ3) is 4.65. The van der Waals surface area contributed by atoms with Crippen LogP contribution < -0.4 is 5.73 Å². The van der Waals surface area contributed by atoms with Crippen LogP contribution in [0.2, 0.25) is 0 Å². The number of rotatable bonds is 6. The minimum absolute atomic E-state index is 0.0155. The van der Waals surface area contributed by atoms with E-state index in [2.05, 4.69) is 15.2 Å². The number of benzene rings is 1. The van der Waals surface area contributed by atoms with Crippen molar-refractivity contribution in [2.24, 2.45) is 5.73 Å². The van der Waals surface area contributed by atoms with Crippen molar-refractivity contribution in [1.82, 2.24) is 24.8 Å². The molecule has 0 spiro atoms. The van der Waals surface area contributed by atoms with Crippen LogP contribution in [0.3, 0.4) is 0 Å². The first-order valence-electron chi connectivity index (χ1n) is 11.9. The lowest BCUT2D eigenvalue weighted by molar-refractivity contribution is -0.145. The van der Waals surface area contributed by atoms with Crippen LogP contribution in [0.1, 0.15) is 35.3 Å². The Kier molecular flexibility index (Phi) is 6.25. The lowest BCUT2D eigenvalue weighted by atomic mass is 9.97. The molecule has 3 N–H and O–H groups in total. The zero-order valence-electron chi connectivity index (χ0n) is 20.9. The average Bonchev–Trinajstić information content (AvgIpc) is 3.64. The summed E-state index contributed by atoms with van der Waals surface area (Å²) in [6, 6.07) is 12.0. The van der Waals surface area contributed by atoms with Crippen LogP contribution in [0.5, 0.6) is 0 Å². The molecule has 39 heavy (non-hydrogen) atoms. The van der Waals surface area contributed by atoms with Crippen molar-refractivity contribution in [1.29, 1.82) is 0 Å². The number of hydrogen-bond acceptors (Lipinski definition) is 7. The number of primary amides is 1. The van der Waals surface area contributed by atoms with Crippen LogP contribution in [-0.4, -0.2) is 55.3 Å². The van der Waals surface area contributed by atoms with E-state index in [-0.39, 0.29) is 41.4 Å². The zero-order chi connectivity index (χ0) is 28.1. The number of hydrogen-bond donors (Lipinski definition) is 2. The van der Waals surface area contributed by atoms with E-state index in [0.29, 0.717) is 23.4 Å². The summed E-state index contributed by atoms with van der Waals surface area (Å²) >= 11 is 0. The van der Waals surface area contributed by atoms with Gasteiger partial charge >= 0.3 is 6.18 Å². The molecule has 3 aromatic heterocycles. The molecule has 13 heteroatoms. The van der Waals surface area contributed by atoms with E-state index in [0.717, 1.165) is 6.07 Å². The Labute approximate surface area is 219 Å². The van der Waals surface area contributed by atoms with E-state index in [1.54, 1.807) is 44.3 Å². The van der Waals surface area contributed by atoms with Crippen LogP contribution in [0.25, 0.3) is 33.8 Å². The molecule has 0 aliphatic carbocycles. The number of halogens is 3. The van der Waals surface area contributed by atoms with E-state index in [1.165, 1.54) is 21.7 Å². The maximum absolute atomic E-state index is 13.3. The standard InChI is InChI=1S/C26H23F3N6O4/c1-3-35-20(13-21(32-35)26(27,28)29)16-10-17(31-19(11-16)23(30)36)14-5-4-6-15(9-14)18-12-22(39-33-18)25(38)7-8-34(2)24(25)37/h4-6,9-13,38H,3,7-8H2,1-2H3,(H2,30,36). The number of likely N-dealkylation sites (N-methyl/N-ethyl adjacent to an activating group) is 1. The molecular formula is C26H23F3N6O4. The maximum atomic E-state index is 13.3. The predicted octanol–water partition coefficient (Wildman–Crippen LogP) is 3.45. The second-order valence-corrected chi connectivity index (χ2v) is 9.21. The summed E-state index contributed by atoms with van der Waals surface area (Å²) in [5.74, 6) is -1.32. The van der Waals surface area contributed by atoms with E-state index in [4.69, 9.17) is 10.3 Å². The van der Waals surface area contributed by atoms with Gasteiger partial charge in [-0.2, -0.15) is 18.3 Å². The first-order chi connectivity index (χ1) is 18.4. The first kappa shape index (κ1) is 26.1. The van der Waals surface area contributed by atoms with Gasteiger partial charge in [-0.25, -0.2) is 4.98 Å². The van der Waals surface area contributed by atoms with E-state index >= 15 is 0 Å². The Morgan fingerprint density at radius 1 is 1.13 bits per heavy atom. The van der Waals surface area contributed by atoms with Gasteiger partial charge in [0.1, 0.15) is 11.4 Å². The van der Waals surface area contributed by atoms with Gasteiger partial charge in [0.2, 0.25) is 5.60 Å². The number of carbonyl (C=O) groups excluding carboxylic acids is 2. The van der Waals surface area contributed by atoms with Gasteiger partial charge in [-0.3, -0.25) is 14.3 Å². The summed E-state index contributed by atoms with van der Waals surface area (Å²) in [4.78, 5) is 30.2. The molecule has 1 fully saturated rings. The number of nitrogens with zero attached hydrogens (tertiary/aromatic N) is 5. The molecule has 1 saturated heterocycles. The fraction of sp³-hybridized carbons (Fsp3) is 0.269. The first-order valence-corrected chi connectivity index (χ1v) is 11.9. The fourth-order valence-corrected chi connectivity index (χ4v) is 4.51. The monoisotopic (exact) mass is 540 g/mol. The van der Waals surface area contributed by atoms with E-state index in [1.807, 2.05) is 0 Å². The van der Waals surface area contributed by atoms with Crippen LogP contribution in [0.15, 0.2) is 53.1 Å². The number of nitrogens with two attached hydrogens (primary N) is 1. The summed E-state index contributed by atoms with van der Waals surface area (Å²) < 4.78 is 46.5. The Balaban J connectivity index is 1.56. The molecule has 1 aliphatic rings. The van der Waals surface area contributed by atoms with Crippen molar-refractivity contribution >= 4 is 11.8 Å². The topological polar surface area (TPSA) is 140 Å². The highest BCUT2D eigenvalue weighted by Crippen LogP contribution is 2.36. The van der Waals surface area contributed by atoms with Crippen molar-refractivity contribution in [2.45, 2.75) is 31.7 Å². The average molecular weight is 541 g/mol. The molecule has 4 heterocycles. The number of aromatic nitrogens is 4. The van der Waals surface area contributed by atoms with Gasteiger partial charge in [0.05, 0.1) is 11.4 Å². The Morgan fingerprint density at radius 3 is 2.46 bits per heavy atom. The summed E-state index contributed by atoms with van der Waals surface area (Å²) in [7, 11) is 1.58. The number of amides is 2. The molecule has 0 bridgehead atoms. The summed E-state index contributed by atoms with van der Waals surface area (Å²) in [6.45, 7) is 2.17. The SMILES string of the molecule is CCn1nc(C(F)(F)F)cc1-c1cc(C(N)=O)nc(-c2cccc(-c3cc(C4(O)CCN(C)C4=O)on3)c2)c1. The van der Waals surface area contributed by atoms with Crippen molar-refractivity contribution in [3.05, 3.63) is 65.7 Å². The molecule has 1 atom stereocenters. The Morgan fingerprint density at radius 2 is 1.85 bits per heavy atom. The zero-order valence-corrected chi connectivity index (χ0v) is 20.9. The number of alkyl halides is 3.